The number of hydrogen-bond acceptors (Lipinski definition) is 5. The maximum absolute atomic E-state index is 13.2. The van der Waals surface area contributed by atoms with Crippen LogP contribution in [0.2, 0.25) is 0 Å². The molecule has 0 heterocycles. The van der Waals surface area contributed by atoms with Crippen molar-refractivity contribution in [1.82, 2.24) is 5.32 Å². The summed E-state index contributed by atoms with van der Waals surface area (Å²) in [6, 6.07) is 15.1. The van der Waals surface area contributed by atoms with Gasteiger partial charge in [-0.15, -0.1) is 0 Å². The molecule has 0 spiro atoms. The summed E-state index contributed by atoms with van der Waals surface area (Å²) in [6.45, 7) is 7.25. The van der Waals surface area contributed by atoms with Gasteiger partial charge in [0.15, 0.2) is 0 Å². The number of nitrogens with one attached hydrogen (secondary N) is 2. The normalized spacial score (nSPS) is 12.1. The van der Waals surface area contributed by atoms with Crippen molar-refractivity contribution in [3.8, 4) is 11.5 Å². The summed E-state index contributed by atoms with van der Waals surface area (Å²) in [5.41, 5.74) is 3.77. The van der Waals surface area contributed by atoms with Crippen LogP contribution in [0.1, 0.15) is 45.6 Å². The molecule has 180 valence electrons. The zero-order valence-corrected chi connectivity index (χ0v) is 21.0. The van der Waals surface area contributed by atoms with Gasteiger partial charge in [-0.1, -0.05) is 18.2 Å². The third-order valence-corrected chi connectivity index (χ3v) is 7.14. The first-order valence-corrected chi connectivity index (χ1v) is 12.3. The van der Waals surface area contributed by atoms with Crippen LogP contribution in [-0.4, -0.2) is 28.5 Å². The van der Waals surface area contributed by atoms with Crippen LogP contribution >= 0.6 is 0 Å². The molecule has 1 atom stereocenters. The molecule has 0 fully saturated rings. The maximum Gasteiger partial charge on any atom is 0.262 e. The Morgan fingerprint density at radius 1 is 0.882 bits per heavy atom. The van der Waals surface area contributed by atoms with Crippen LogP contribution in [0.3, 0.4) is 0 Å². The van der Waals surface area contributed by atoms with Crippen molar-refractivity contribution >= 4 is 21.6 Å². The second kappa shape index (κ2) is 10.2. The van der Waals surface area contributed by atoms with Gasteiger partial charge in [0.25, 0.3) is 15.9 Å². The average molecular weight is 483 g/mol. The Morgan fingerprint density at radius 3 is 2.26 bits per heavy atom. The van der Waals surface area contributed by atoms with Gasteiger partial charge in [-0.05, 0) is 80.8 Å². The number of ether oxygens (including phenoxy) is 2. The number of methoxy groups -OCH3 is 2. The van der Waals surface area contributed by atoms with E-state index in [0.29, 0.717) is 22.7 Å². The molecule has 8 heteroatoms. The van der Waals surface area contributed by atoms with Gasteiger partial charge in [0, 0.05) is 11.1 Å². The average Bonchev–Trinajstić information content (AvgIpc) is 2.80. The molecule has 3 rings (SSSR count). The molecule has 0 saturated carbocycles. The minimum atomic E-state index is -3.91. The summed E-state index contributed by atoms with van der Waals surface area (Å²) in [5.74, 6) is 0.845. The van der Waals surface area contributed by atoms with E-state index in [0.717, 1.165) is 16.7 Å². The zero-order chi connectivity index (χ0) is 25.0. The third kappa shape index (κ3) is 5.51. The highest BCUT2D eigenvalue weighted by atomic mass is 32.2. The minimum absolute atomic E-state index is 0.0488. The SMILES string of the molecule is COc1ccc(OC)c([C@@H](C)NC(=O)c2ccc(C)c(S(=O)(=O)Nc3cc(C)ccc3C)c2)c1. The molecule has 0 aliphatic carbocycles. The maximum atomic E-state index is 13.2. The van der Waals surface area contributed by atoms with E-state index in [1.54, 1.807) is 57.5 Å². The van der Waals surface area contributed by atoms with Gasteiger partial charge in [0.2, 0.25) is 0 Å². The van der Waals surface area contributed by atoms with Crippen molar-refractivity contribution in [3.63, 3.8) is 0 Å². The second-order valence-corrected chi connectivity index (χ2v) is 9.86. The van der Waals surface area contributed by atoms with E-state index in [-0.39, 0.29) is 10.5 Å². The Morgan fingerprint density at radius 2 is 1.59 bits per heavy atom. The van der Waals surface area contributed by atoms with E-state index in [1.807, 2.05) is 32.9 Å². The van der Waals surface area contributed by atoms with Crippen LogP contribution in [0.5, 0.6) is 11.5 Å². The van der Waals surface area contributed by atoms with Crippen molar-refractivity contribution in [1.29, 1.82) is 0 Å². The molecular weight excluding hydrogens is 452 g/mol. The van der Waals surface area contributed by atoms with Crippen LogP contribution in [-0.2, 0) is 10.0 Å². The van der Waals surface area contributed by atoms with Crippen LogP contribution in [0.15, 0.2) is 59.5 Å². The van der Waals surface area contributed by atoms with Crippen LogP contribution in [0, 0.1) is 20.8 Å². The highest BCUT2D eigenvalue weighted by Crippen LogP contribution is 2.30. The number of sulfonamides is 1. The summed E-state index contributed by atoms with van der Waals surface area (Å²) in [5, 5.41) is 2.91. The smallest absolute Gasteiger partial charge is 0.262 e. The standard InChI is InChI=1S/C26H30N2O5S/c1-16-7-8-17(2)23(13-16)28-34(30,31)25-14-20(10-9-18(25)3)26(29)27-19(4)22-15-21(32-5)11-12-24(22)33-6/h7-15,19,28H,1-6H3,(H,27,29)/t19-/m1/s1. The lowest BCUT2D eigenvalue weighted by molar-refractivity contribution is 0.0939. The summed E-state index contributed by atoms with van der Waals surface area (Å²) in [6.07, 6.45) is 0. The molecule has 0 aliphatic heterocycles. The Hall–Kier alpha value is -3.52. The van der Waals surface area contributed by atoms with Crippen molar-refractivity contribution in [3.05, 3.63) is 82.4 Å². The molecule has 0 unspecified atom stereocenters. The fourth-order valence-corrected chi connectivity index (χ4v) is 5.01. The summed E-state index contributed by atoms with van der Waals surface area (Å²) in [4.78, 5) is 13.1. The van der Waals surface area contributed by atoms with E-state index >= 15 is 0 Å². The first-order chi connectivity index (χ1) is 16.1. The highest BCUT2D eigenvalue weighted by Gasteiger charge is 2.22. The Labute approximate surface area is 201 Å². The molecule has 0 saturated heterocycles. The van der Waals surface area contributed by atoms with E-state index in [4.69, 9.17) is 9.47 Å². The third-order valence-electron chi connectivity index (χ3n) is 5.63. The monoisotopic (exact) mass is 482 g/mol. The molecule has 1 amide bonds. The Kier molecular flexibility index (Phi) is 7.51. The topological polar surface area (TPSA) is 93.7 Å². The summed E-state index contributed by atoms with van der Waals surface area (Å²) >= 11 is 0. The summed E-state index contributed by atoms with van der Waals surface area (Å²) < 4.78 is 39.7. The van der Waals surface area contributed by atoms with Gasteiger partial charge in [-0.3, -0.25) is 9.52 Å². The van der Waals surface area contributed by atoms with Crippen molar-refractivity contribution < 1.29 is 22.7 Å². The lowest BCUT2D eigenvalue weighted by atomic mass is 10.1. The lowest BCUT2D eigenvalue weighted by Crippen LogP contribution is -2.27. The zero-order valence-electron chi connectivity index (χ0n) is 20.2. The Balaban J connectivity index is 1.88. The van der Waals surface area contributed by atoms with Gasteiger partial charge in [-0.25, -0.2) is 8.42 Å². The summed E-state index contributed by atoms with van der Waals surface area (Å²) in [7, 11) is -0.786. The quantitative estimate of drug-likeness (QED) is 0.475. The first kappa shape index (κ1) is 25.1. The molecule has 0 aromatic heterocycles. The van der Waals surface area contributed by atoms with Gasteiger partial charge < -0.3 is 14.8 Å². The van der Waals surface area contributed by atoms with E-state index in [2.05, 4.69) is 10.0 Å². The van der Waals surface area contributed by atoms with Crippen molar-refractivity contribution in [2.75, 3.05) is 18.9 Å². The number of aryl methyl sites for hydroxylation is 3. The first-order valence-electron chi connectivity index (χ1n) is 10.8. The number of hydrogen-bond donors (Lipinski definition) is 2. The molecule has 2 N–H and O–H groups in total. The molecule has 7 nitrogen and oxygen atoms in total. The number of anilines is 1. The van der Waals surface area contributed by atoms with Crippen LogP contribution in [0.4, 0.5) is 5.69 Å². The van der Waals surface area contributed by atoms with Crippen LogP contribution < -0.4 is 19.5 Å². The molecule has 3 aromatic carbocycles. The van der Waals surface area contributed by atoms with E-state index < -0.39 is 22.0 Å². The largest absolute Gasteiger partial charge is 0.497 e. The number of carbonyl (C=O) groups excluding carboxylic acids is 1. The fraction of sp³-hybridized carbons (Fsp3) is 0.269. The van der Waals surface area contributed by atoms with Gasteiger partial charge in [0.1, 0.15) is 11.5 Å². The van der Waals surface area contributed by atoms with Crippen LogP contribution in [0.25, 0.3) is 0 Å². The highest BCUT2D eigenvalue weighted by molar-refractivity contribution is 7.92. The van der Waals surface area contributed by atoms with Crippen molar-refractivity contribution in [2.24, 2.45) is 0 Å². The predicted molar refractivity (Wildman–Crippen MR) is 133 cm³/mol. The molecule has 0 radical (unpaired) electrons. The Bertz CT molecular complexity index is 1320. The van der Waals surface area contributed by atoms with Gasteiger partial charge >= 0.3 is 0 Å². The second-order valence-electron chi connectivity index (χ2n) is 8.21. The molecule has 0 aliphatic rings. The number of carbonyl (C=O) groups is 1. The molecular formula is C26H30N2O5S. The predicted octanol–water partition coefficient (Wildman–Crippen LogP) is 4.92. The van der Waals surface area contributed by atoms with E-state index in [1.165, 1.54) is 6.07 Å². The lowest BCUT2D eigenvalue weighted by Gasteiger charge is -2.19. The fourth-order valence-electron chi connectivity index (χ4n) is 3.61. The van der Waals surface area contributed by atoms with Crippen molar-refractivity contribution in [2.45, 2.75) is 38.6 Å². The number of benzene rings is 3. The molecule has 3 aromatic rings. The van der Waals surface area contributed by atoms with E-state index in [9.17, 15) is 13.2 Å². The number of amides is 1. The molecule has 0 bridgehead atoms. The van der Waals surface area contributed by atoms with Gasteiger partial charge in [0.05, 0.1) is 30.8 Å². The minimum Gasteiger partial charge on any atom is -0.497 e. The molecule has 34 heavy (non-hydrogen) atoms. The number of rotatable bonds is 8. The van der Waals surface area contributed by atoms with Gasteiger partial charge in [-0.2, -0.15) is 0 Å².